The van der Waals surface area contributed by atoms with E-state index in [4.69, 9.17) is 27.8 Å². The maximum atomic E-state index is 13.4. The van der Waals surface area contributed by atoms with Crippen LogP contribution in [-0.2, 0) is 16.0 Å². The highest BCUT2D eigenvalue weighted by molar-refractivity contribution is 6.31. The molecule has 7 N–H and O–H groups in total. The number of rotatable bonds is 7. The Morgan fingerprint density at radius 1 is 1.12 bits per heavy atom. The third-order valence-corrected chi connectivity index (χ3v) is 7.00. The Morgan fingerprint density at radius 3 is 2.42 bits per heavy atom. The maximum Gasteiger partial charge on any atom is 0.280 e. The molecule has 2 aliphatic heterocycles. The van der Waals surface area contributed by atoms with Gasteiger partial charge >= 0.3 is 0 Å². The van der Waals surface area contributed by atoms with Crippen LogP contribution in [0.15, 0.2) is 29.3 Å². The number of aromatic nitrogens is 2. The summed E-state index contributed by atoms with van der Waals surface area (Å²) in [6.45, 7) is 6.66. The summed E-state index contributed by atoms with van der Waals surface area (Å²) >= 11 is 5.88. The number of guanidine groups is 1. The monoisotopic (exact) mass is 571 g/mol. The smallest absolute Gasteiger partial charge is 0.280 e. The lowest BCUT2D eigenvalue weighted by Crippen LogP contribution is -2.59. The molecule has 1 aromatic carbocycles. The summed E-state index contributed by atoms with van der Waals surface area (Å²) in [5.74, 6) is -0.224. The summed E-state index contributed by atoms with van der Waals surface area (Å²) in [5, 5.41) is 8.62. The summed E-state index contributed by atoms with van der Waals surface area (Å²) in [6, 6.07) is 6.83. The van der Waals surface area contributed by atoms with Crippen molar-refractivity contribution in [3.8, 4) is 5.75 Å². The van der Waals surface area contributed by atoms with Crippen LogP contribution in [-0.4, -0.2) is 75.9 Å². The predicted molar refractivity (Wildman–Crippen MR) is 151 cm³/mol. The van der Waals surface area contributed by atoms with Crippen LogP contribution in [0.4, 0.5) is 11.6 Å². The van der Waals surface area contributed by atoms with Crippen LogP contribution in [0.3, 0.4) is 0 Å². The first kappa shape index (κ1) is 28.9. The van der Waals surface area contributed by atoms with Crippen molar-refractivity contribution in [2.75, 3.05) is 31.1 Å². The molecule has 40 heavy (non-hydrogen) atoms. The van der Waals surface area contributed by atoms with Crippen molar-refractivity contribution >= 4 is 46.9 Å². The van der Waals surface area contributed by atoms with Gasteiger partial charge < -0.3 is 31.7 Å². The zero-order valence-electron chi connectivity index (χ0n) is 22.7. The fourth-order valence-electron chi connectivity index (χ4n) is 4.72. The van der Waals surface area contributed by atoms with E-state index in [-0.39, 0.29) is 46.4 Å². The fourth-order valence-corrected chi connectivity index (χ4v) is 4.85. The molecule has 4 rings (SSSR count). The van der Waals surface area contributed by atoms with Gasteiger partial charge in [0.2, 0.25) is 11.8 Å². The van der Waals surface area contributed by atoms with Crippen LogP contribution in [0.25, 0.3) is 0 Å². The molecule has 0 bridgehead atoms. The second-order valence-corrected chi connectivity index (χ2v) is 10.6. The second-order valence-electron chi connectivity index (χ2n) is 10.3. The van der Waals surface area contributed by atoms with E-state index in [0.29, 0.717) is 38.9 Å². The summed E-state index contributed by atoms with van der Waals surface area (Å²) in [6.07, 6.45) is 1.63. The fraction of sp³-hybridized carbons (Fsp3) is 0.462. The first-order valence-electron chi connectivity index (χ1n) is 13.0. The number of nitrogens with two attached hydrogens (primary N) is 2. The molecule has 14 heteroatoms. The third-order valence-electron chi connectivity index (χ3n) is 6.72. The van der Waals surface area contributed by atoms with Gasteiger partial charge in [-0.05, 0) is 44.4 Å². The quantitative estimate of drug-likeness (QED) is 0.321. The molecule has 0 saturated carbocycles. The molecule has 0 radical (unpaired) electrons. The van der Waals surface area contributed by atoms with E-state index in [2.05, 4.69) is 30.9 Å². The van der Waals surface area contributed by atoms with Crippen LogP contribution in [0, 0.1) is 0 Å². The van der Waals surface area contributed by atoms with Gasteiger partial charge in [0.05, 0.1) is 18.2 Å². The summed E-state index contributed by atoms with van der Waals surface area (Å²) < 4.78 is 5.69. The zero-order valence-corrected chi connectivity index (χ0v) is 23.4. The van der Waals surface area contributed by atoms with Gasteiger partial charge in [-0.3, -0.25) is 24.7 Å². The van der Waals surface area contributed by atoms with Crippen LogP contribution < -0.4 is 32.2 Å². The van der Waals surface area contributed by atoms with E-state index in [1.165, 1.54) is 6.92 Å². The highest BCUT2D eigenvalue weighted by Gasteiger charge is 2.41. The second kappa shape index (κ2) is 11.9. The minimum atomic E-state index is -0.690. The first-order valence-corrected chi connectivity index (χ1v) is 13.4. The topological polar surface area (TPSA) is 190 Å². The number of hydrogen-bond acceptors (Lipinski definition) is 10. The molecule has 1 fully saturated rings. The van der Waals surface area contributed by atoms with Crippen LogP contribution >= 0.6 is 11.6 Å². The molecule has 13 nitrogen and oxygen atoms in total. The highest BCUT2D eigenvalue weighted by Crippen LogP contribution is 2.27. The van der Waals surface area contributed by atoms with E-state index in [9.17, 15) is 14.4 Å². The standard InChI is InChI=1S/C26H34ClN9O4/c1-14(2)40-17-6-4-16(5-7-17)12-18(31-15(3)37)24(39)36-10-8-26(9-11-36)13-30-25(35-26)34-23(38)19-21(28)33-22(29)20(27)32-19/h4-7,14,18H,8-13H2,1-3H3,(H,31,37)(H4,28,29,33)(H2,30,34,35,38)/t18-/m0/s1. The molecule has 1 spiro atoms. The minimum absolute atomic E-state index is 0.0602. The number of nitrogen functional groups attached to an aromatic ring is 2. The number of hydrogen-bond donors (Lipinski definition) is 5. The lowest BCUT2D eigenvalue weighted by atomic mass is 9.88. The average Bonchev–Trinajstić information content (AvgIpc) is 3.27. The number of likely N-dealkylation sites (tertiary alicyclic amines) is 1. The number of nitrogens with one attached hydrogen (secondary N) is 3. The Bertz CT molecular complexity index is 1310. The summed E-state index contributed by atoms with van der Waals surface area (Å²) in [5.41, 5.74) is 11.7. The SMILES string of the molecule is CC(=O)N[C@@H](Cc1ccc(OC(C)C)cc1)C(=O)N1CCC2(CC1)CN=C(NC(=O)c1nc(Cl)c(N)nc1N)N2. The Morgan fingerprint density at radius 2 is 1.80 bits per heavy atom. The molecule has 0 unspecified atom stereocenters. The van der Waals surface area contributed by atoms with Crippen molar-refractivity contribution in [3.63, 3.8) is 0 Å². The lowest BCUT2D eigenvalue weighted by molar-refractivity contribution is -0.137. The number of halogens is 1. The molecule has 1 atom stereocenters. The van der Waals surface area contributed by atoms with Crippen molar-refractivity contribution in [2.45, 2.75) is 57.7 Å². The van der Waals surface area contributed by atoms with Gasteiger partial charge in [-0.1, -0.05) is 23.7 Å². The van der Waals surface area contributed by atoms with Gasteiger partial charge in [0, 0.05) is 26.4 Å². The molecule has 1 saturated heterocycles. The number of carbonyl (C=O) groups is 3. The lowest BCUT2D eigenvalue weighted by Gasteiger charge is -2.40. The van der Waals surface area contributed by atoms with E-state index in [1.807, 2.05) is 38.1 Å². The maximum absolute atomic E-state index is 13.4. The first-order chi connectivity index (χ1) is 18.9. The number of aliphatic imine (C=N–C) groups is 1. The van der Waals surface area contributed by atoms with Crippen molar-refractivity contribution in [1.82, 2.24) is 30.8 Å². The molecule has 3 heterocycles. The van der Waals surface area contributed by atoms with Gasteiger partial charge in [-0.15, -0.1) is 0 Å². The van der Waals surface area contributed by atoms with Gasteiger partial charge in [0.15, 0.2) is 28.4 Å². The number of ether oxygens (including phenoxy) is 1. The van der Waals surface area contributed by atoms with Gasteiger partial charge in [0.1, 0.15) is 11.8 Å². The number of carbonyl (C=O) groups excluding carboxylic acids is 3. The zero-order chi connectivity index (χ0) is 29.0. The Kier molecular flexibility index (Phi) is 8.62. The molecular formula is C26H34ClN9O4. The number of nitrogens with zero attached hydrogens (tertiary/aromatic N) is 4. The predicted octanol–water partition coefficient (Wildman–Crippen LogP) is 0.879. The largest absolute Gasteiger partial charge is 0.491 e. The Hall–Kier alpha value is -4.13. The van der Waals surface area contributed by atoms with Gasteiger partial charge in [0.25, 0.3) is 5.91 Å². The van der Waals surface area contributed by atoms with Crippen molar-refractivity contribution in [1.29, 1.82) is 0 Å². The Labute approximate surface area is 237 Å². The Balaban J connectivity index is 1.33. The number of anilines is 2. The molecule has 2 aliphatic rings. The molecule has 0 aliphatic carbocycles. The summed E-state index contributed by atoms with van der Waals surface area (Å²) in [7, 11) is 0. The molecule has 1 aromatic heterocycles. The normalized spacial score (nSPS) is 16.7. The van der Waals surface area contributed by atoms with E-state index in [0.717, 1.165) is 11.3 Å². The van der Waals surface area contributed by atoms with E-state index >= 15 is 0 Å². The van der Waals surface area contributed by atoms with Crippen molar-refractivity contribution < 1.29 is 19.1 Å². The van der Waals surface area contributed by atoms with Crippen molar-refractivity contribution in [2.24, 2.45) is 4.99 Å². The average molecular weight is 572 g/mol. The number of benzene rings is 1. The number of amides is 3. The van der Waals surface area contributed by atoms with Crippen molar-refractivity contribution in [3.05, 3.63) is 40.7 Å². The molecular weight excluding hydrogens is 538 g/mol. The molecule has 3 amide bonds. The van der Waals surface area contributed by atoms with E-state index in [1.54, 1.807) is 4.90 Å². The van der Waals surface area contributed by atoms with Gasteiger partial charge in [-0.25, -0.2) is 9.97 Å². The minimum Gasteiger partial charge on any atom is -0.491 e. The molecule has 2 aromatic rings. The van der Waals surface area contributed by atoms with Crippen LogP contribution in [0.2, 0.25) is 5.15 Å². The summed E-state index contributed by atoms with van der Waals surface area (Å²) in [4.78, 5) is 51.9. The number of piperidine rings is 1. The van der Waals surface area contributed by atoms with Crippen LogP contribution in [0.5, 0.6) is 5.75 Å². The third kappa shape index (κ3) is 6.89. The van der Waals surface area contributed by atoms with Gasteiger partial charge in [-0.2, -0.15) is 0 Å². The molecule has 214 valence electrons. The van der Waals surface area contributed by atoms with Crippen LogP contribution in [0.1, 0.15) is 49.7 Å². The highest BCUT2D eigenvalue weighted by atomic mass is 35.5. The van der Waals surface area contributed by atoms with E-state index < -0.39 is 17.5 Å².